The molecular weight excluding hydrogens is 140 g/mol. The van der Waals surface area contributed by atoms with Gasteiger partial charge in [0.15, 0.2) is 0 Å². The molecule has 2 heteroatoms. The Hall–Kier alpha value is -1.44. The first-order valence-corrected chi connectivity index (χ1v) is 3.36. The summed E-state index contributed by atoms with van der Waals surface area (Å²) in [6, 6.07) is 7.74. The van der Waals surface area contributed by atoms with Gasteiger partial charge in [0.05, 0.1) is 6.26 Å². The molecule has 0 spiro atoms. The largest absolute Gasteiger partial charge is 0.456 e. The van der Waals surface area contributed by atoms with Crippen LogP contribution in [0.3, 0.4) is 0 Å². The lowest BCUT2D eigenvalue weighted by Crippen LogP contribution is -1.89. The molecule has 0 N–H and O–H groups in total. The van der Waals surface area contributed by atoms with Gasteiger partial charge >= 0.3 is 6.79 Å². The molecule has 0 aliphatic carbocycles. The van der Waals surface area contributed by atoms with Crippen LogP contribution in [0, 0.1) is 6.79 Å². The standard InChI is InChI=1S/C9H7O2/c1-2-4-9-8(3-1)5-6-10-7-11-9/h1-7H. The maximum atomic E-state index is 5.14. The lowest BCUT2D eigenvalue weighted by atomic mass is 10.2. The fourth-order valence-corrected chi connectivity index (χ4v) is 0.950. The van der Waals surface area contributed by atoms with E-state index in [9.17, 15) is 0 Å². The predicted octanol–water partition coefficient (Wildman–Crippen LogP) is 2.19. The molecule has 0 saturated carbocycles. The van der Waals surface area contributed by atoms with Crippen LogP contribution in [0.25, 0.3) is 6.08 Å². The summed E-state index contributed by atoms with van der Waals surface area (Å²) < 4.78 is 9.99. The van der Waals surface area contributed by atoms with Crippen LogP contribution in [0.1, 0.15) is 5.56 Å². The van der Waals surface area contributed by atoms with Crippen LogP contribution in [0.5, 0.6) is 5.75 Å². The molecule has 2 rings (SSSR count). The highest BCUT2D eigenvalue weighted by molar-refractivity contribution is 5.56. The van der Waals surface area contributed by atoms with Gasteiger partial charge in [-0.15, -0.1) is 0 Å². The molecule has 1 aliphatic heterocycles. The molecule has 0 fully saturated rings. The lowest BCUT2D eigenvalue weighted by Gasteiger charge is -2.01. The minimum absolute atomic E-state index is 0.821. The lowest BCUT2D eigenvalue weighted by molar-refractivity contribution is 0.173. The number of rotatable bonds is 0. The van der Waals surface area contributed by atoms with Gasteiger partial charge in [-0.2, -0.15) is 0 Å². The summed E-state index contributed by atoms with van der Waals surface area (Å²) in [6.45, 7) is 1.31. The van der Waals surface area contributed by atoms with Gasteiger partial charge in [-0.3, -0.25) is 0 Å². The zero-order valence-corrected chi connectivity index (χ0v) is 5.86. The van der Waals surface area contributed by atoms with E-state index in [1.54, 1.807) is 6.26 Å². The Bertz CT molecular complexity index is 279. The summed E-state index contributed by atoms with van der Waals surface area (Å²) in [6.07, 6.45) is 3.45. The molecule has 2 nitrogen and oxygen atoms in total. The summed E-state index contributed by atoms with van der Waals surface area (Å²) in [4.78, 5) is 0. The Morgan fingerprint density at radius 3 is 3.00 bits per heavy atom. The van der Waals surface area contributed by atoms with Gasteiger partial charge in [0.25, 0.3) is 0 Å². The Kier molecular flexibility index (Phi) is 1.52. The van der Waals surface area contributed by atoms with E-state index in [0.29, 0.717) is 0 Å². The van der Waals surface area contributed by atoms with E-state index in [0.717, 1.165) is 11.3 Å². The molecule has 11 heavy (non-hydrogen) atoms. The molecule has 0 unspecified atom stereocenters. The fourth-order valence-electron chi connectivity index (χ4n) is 0.950. The molecule has 55 valence electrons. The summed E-state index contributed by atoms with van der Waals surface area (Å²) in [5.74, 6) is 0.821. The van der Waals surface area contributed by atoms with Crippen molar-refractivity contribution in [1.82, 2.24) is 0 Å². The van der Waals surface area contributed by atoms with Crippen molar-refractivity contribution in [3.05, 3.63) is 42.9 Å². The van der Waals surface area contributed by atoms with E-state index in [4.69, 9.17) is 9.47 Å². The number of hydrogen-bond acceptors (Lipinski definition) is 2. The van der Waals surface area contributed by atoms with Gasteiger partial charge in [-0.1, -0.05) is 18.2 Å². The second kappa shape index (κ2) is 2.66. The molecule has 0 amide bonds. The van der Waals surface area contributed by atoms with Gasteiger partial charge in [0.1, 0.15) is 5.75 Å². The maximum Gasteiger partial charge on any atom is 0.315 e. The number of para-hydroxylation sites is 1. The number of ether oxygens (including phenoxy) is 2. The van der Waals surface area contributed by atoms with E-state index < -0.39 is 0 Å². The molecule has 1 heterocycles. The Balaban J connectivity index is 2.45. The second-order valence-electron chi connectivity index (χ2n) is 2.19. The van der Waals surface area contributed by atoms with Crippen LogP contribution < -0.4 is 4.74 Å². The van der Waals surface area contributed by atoms with Gasteiger partial charge < -0.3 is 9.47 Å². The van der Waals surface area contributed by atoms with E-state index in [-0.39, 0.29) is 0 Å². The summed E-state index contributed by atoms with van der Waals surface area (Å²) in [5.41, 5.74) is 1.03. The minimum atomic E-state index is 0.821. The van der Waals surface area contributed by atoms with Crippen molar-refractivity contribution in [3.63, 3.8) is 0 Å². The van der Waals surface area contributed by atoms with Crippen LogP contribution in [-0.2, 0) is 4.74 Å². The fraction of sp³-hybridized carbons (Fsp3) is 0. The molecule has 0 atom stereocenters. The summed E-state index contributed by atoms with van der Waals surface area (Å²) >= 11 is 0. The van der Waals surface area contributed by atoms with E-state index >= 15 is 0 Å². The average Bonchev–Trinajstić information content (AvgIpc) is 2.28. The van der Waals surface area contributed by atoms with Gasteiger partial charge in [-0.25, -0.2) is 0 Å². The van der Waals surface area contributed by atoms with Gasteiger partial charge in [0, 0.05) is 5.56 Å². The van der Waals surface area contributed by atoms with Crippen molar-refractivity contribution < 1.29 is 9.47 Å². The van der Waals surface area contributed by atoms with Crippen molar-refractivity contribution in [2.75, 3.05) is 0 Å². The van der Waals surface area contributed by atoms with Crippen LogP contribution >= 0.6 is 0 Å². The molecule has 1 aromatic rings. The Labute approximate surface area is 65.1 Å². The molecule has 0 saturated heterocycles. The quantitative estimate of drug-likeness (QED) is 0.560. The Morgan fingerprint density at radius 1 is 1.09 bits per heavy atom. The third-order valence-electron chi connectivity index (χ3n) is 1.48. The monoisotopic (exact) mass is 147 g/mol. The van der Waals surface area contributed by atoms with E-state index in [2.05, 4.69) is 0 Å². The molecule has 1 aromatic carbocycles. The van der Waals surface area contributed by atoms with Crippen molar-refractivity contribution in [1.29, 1.82) is 0 Å². The van der Waals surface area contributed by atoms with Crippen molar-refractivity contribution in [3.8, 4) is 5.75 Å². The molecule has 1 radical (unpaired) electrons. The van der Waals surface area contributed by atoms with Crippen molar-refractivity contribution in [2.24, 2.45) is 0 Å². The van der Waals surface area contributed by atoms with Crippen molar-refractivity contribution in [2.45, 2.75) is 0 Å². The molecule has 0 aromatic heterocycles. The topological polar surface area (TPSA) is 18.5 Å². The van der Waals surface area contributed by atoms with E-state index in [1.165, 1.54) is 6.79 Å². The Morgan fingerprint density at radius 2 is 2.00 bits per heavy atom. The number of benzene rings is 1. The SMILES string of the molecule is [CH]1OC=Cc2ccccc2O1. The van der Waals surface area contributed by atoms with Crippen LogP contribution in [0.15, 0.2) is 30.5 Å². The average molecular weight is 147 g/mol. The number of hydrogen-bond donors (Lipinski definition) is 0. The summed E-state index contributed by atoms with van der Waals surface area (Å²) in [7, 11) is 0. The zero-order chi connectivity index (χ0) is 7.52. The highest BCUT2D eigenvalue weighted by atomic mass is 16.7. The smallest absolute Gasteiger partial charge is 0.315 e. The highest BCUT2D eigenvalue weighted by Crippen LogP contribution is 2.22. The maximum absolute atomic E-state index is 5.14. The van der Waals surface area contributed by atoms with Crippen LogP contribution in [-0.4, -0.2) is 0 Å². The molecule has 0 bridgehead atoms. The van der Waals surface area contributed by atoms with Crippen molar-refractivity contribution >= 4 is 6.08 Å². The minimum Gasteiger partial charge on any atom is -0.456 e. The highest BCUT2D eigenvalue weighted by Gasteiger charge is 2.02. The zero-order valence-electron chi connectivity index (χ0n) is 5.86. The first-order valence-electron chi connectivity index (χ1n) is 3.36. The predicted molar refractivity (Wildman–Crippen MR) is 41.5 cm³/mol. The third kappa shape index (κ3) is 1.19. The van der Waals surface area contributed by atoms with Gasteiger partial charge in [0.2, 0.25) is 0 Å². The van der Waals surface area contributed by atoms with Crippen LogP contribution in [0.4, 0.5) is 0 Å². The molecule has 1 aliphatic rings. The first kappa shape index (κ1) is 6.28. The third-order valence-corrected chi connectivity index (χ3v) is 1.48. The van der Waals surface area contributed by atoms with E-state index in [1.807, 2.05) is 30.3 Å². The number of fused-ring (bicyclic) bond motifs is 1. The molecular formula is C9H7O2. The normalized spacial score (nSPS) is 14.2. The van der Waals surface area contributed by atoms with Crippen LogP contribution in [0.2, 0.25) is 0 Å². The second-order valence-corrected chi connectivity index (χ2v) is 2.19. The first-order chi connectivity index (χ1) is 5.47. The summed E-state index contributed by atoms with van der Waals surface area (Å²) in [5, 5.41) is 0. The van der Waals surface area contributed by atoms with Gasteiger partial charge in [-0.05, 0) is 12.1 Å².